The van der Waals surface area contributed by atoms with Crippen molar-refractivity contribution in [2.45, 2.75) is 38.2 Å². The van der Waals surface area contributed by atoms with Crippen LogP contribution in [0.15, 0.2) is 11.0 Å². The summed E-state index contributed by atoms with van der Waals surface area (Å²) in [7, 11) is -3.58. The molecule has 6 heteroatoms. The molecule has 1 aromatic rings. The highest BCUT2D eigenvalue weighted by molar-refractivity contribution is 7.89. The number of aliphatic hydroxyl groups excluding tert-OH is 1. The summed E-state index contributed by atoms with van der Waals surface area (Å²) in [5.41, 5.74) is 8.55. The van der Waals surface area contributed by atoms with E-state index >= 15 is 0 Å². The van der Waals surface area contributed by atoms with Crippen molar-refractivity contribution in [2.75, 3.05) is 18.8 Å². The molecule has 19 heavy (non-hydrogen) atoms. The topological polar surface area (TPSA) is 83.6 Å². The van der Waals surface area contributed by atoms with Gasteiger partial charge in [-0.15, -0.1) is 0 Å². The Balaban J connectivity index is 2.58. The SMILES string of the molecule is Cc1cc(N)c(C)c(S(=O)(=O)N2CC[C@H](O)C2)c1C. The van der Waals surface area contributed by atoms with Gasteiger partial charge in [-0.25, -0.2) is 8.42 Å². The van der Waals surface area contributed by atoms with Crippen molar-refractivity contribution in [3.63, 3.8) is 0 Å². The van der Waals surface area contributed by atoms with Crippen molar-refractivity contribution >= 4 is 15.7 Å². The van der Waals surface area contributed by atoms with E-state index in [1.807, 2.05) is 6.92 Å². The summed E-state index contributed by atoms with van der Waals surface area (Å²) >= 11 is 0. The predicted molar refractivity (Wildman–Crippen MR) is 74.4 cm³/mol. The minimum Gasteiger partial charge on any atom is -0.398 e. The Kier molecular flexibility index (Phi) is 3.59. The lowest BCUT2D eigenvalue weighted by atomic mass is 10.1. The molecule has 0 bridgehead atoms. The number of β-amino-alcohol motifs (C(OH)–C–C–N with tert-alkyl or cyclic N) is 1. The lowest BCUT2D eigenvalue weighted by Crippen LogP contribution is -2.31. The van der Waals surface area contributed by atoms with Crippen molar-refractivity contribution < 1.29 is 13.5 Å². The van der Waals surface area contributed by atoms with Gasteiger partial charge in [0.2, 0.25) is 10.0 Å². The molecule has 1 saturated heterocycles. The molecule has 1 aromatic carbocycles. The molecule has 1 aliphatic heterocycles. The summed E-state index contributed by atoms with van der Waals surface area (Å²) in [5.74, 6) is 0. The number of anilines is 1. The molecule has 0 amide bonds. The molecule has 3 N–H and O–H groups in total. The molecule has 1 atom stereocenters. The maximum absolute atomic E-state index is 12.7. The van der Waals surface area contributed by atoms with Crippen LogP contribution in [0.3, 0.4) is 0 Å². The second-order valence-corrected chi connectivity index (χ2v) is 7.04. The number of rotatable bonds is 2. The summed E-state index contributed by atoms with van der Waals surface area (Å²) < 4.78 is 26.7. The molecule has 1 heterocycles. The average molecular weight is 284 g/mol. The Bertz CT molecular complexity index is 585. The van der Waals surface area contributed by atoms with Gasteiger partial charge in [0.15, 0.2) is 0 Å². The summed E-state index contributed by atoms with van der Waals surface area (Å²) in [5, 5.41) is 9.53. The van der Waals surface area contributed by atoms with Crippen LogP contribution >= 0.6 is 0 Å². The minimum absolute atomic E-state index is 0.162. The van der Waals surface area contributed by atoms with Gasteiger partial charge in [0, 0.05) is 18.8 Å². The second-order valence-electron chi connectivity index (χ2n) is 5.17. The number of nitrogens with two attached hydrogens (primary N) is 1. The highest BCUT2D eigenvalue weighted by atomic mass is 32.2. The zero-order valence-corrected chi connectivity index (χ0v) is 12.3. The monoisotopic (exact) mass is 284 g/mol. The zero-order valence-electron chi connectivity index (χ0n) is 11.5. The molecule has 0 aliphatic carbocycles. The Morgan fingerprint density at radius 1 is 1.32 bits per heavy atom. The van der Waals surface area contributed by atoms with E-state index in [2.05, 4.69) is 0 Å². The molecular weight excluding hydrogens is 264 g/mol. The zero-order chi connectivity index (χ0) is 14.4. The number of hydrogen-bond donors (Lipinski definition) is 2. The standard InChI is InChI=1S/C13H20N2O3S/c1-8-6-12(14)10(3)13(9(8)2)19(17,18)15-5-4-11(16)7-15/h6,11,16H,4-5,7,14H2,1-3H3/t11-/m0/s1. The number of hydrogen-bond acceptors (Lipinski definition) is 4. The van der Waals surface area contributed by atoms with Crippen LogP contribution in [0.25, 0.3) is 0 Å². The van der Waals surface area contributed by atoms with Gasteiger partial charge in [-0.2, -0.15) is 4.31 Å². The highest BCUT2D eigenvalue weighted by Gasteiger charge is 2.34. The van der Waals surface area contributed by atoms with E-state index in [4.69, 9.17) is 5.73 Å². The normalized spacial score (nSPS) is 20.9. The maximum atomic E-state index is 12.7. The molecule has 0 spiro atoms. The fraction of sp³-hybridized carbons (Fsp3) is 0.538. The molecular formula is C13H20N2O3S. The van der Waals surface area contributed by atoms with Crippen LogP contribution in [-0.2, 0) is 10.0 Å². The predicted octanol–water partition coefficient (Wildman–Crippen LogP) is 0.949. The van der Waals surface area contributed by atoms with Gasteiger partial charge in [-0.05, 0) is 49.9 Å². The van der Waals surface area contributed by atoms with Crippen LogP contribution in [0.2, 0.25) is 0 Å². The summed E-state index contributed by atoms with van der Waals surface area (Å²) in [6, 6.07) is 1.79. The van der Waals surface area contributed by atoms with Crippen LogP contribution < -0.4 is 5.73 Å². The van der Waals surface area contributed by atoms with Gasteiger partial charge in [-0.3, -0.25) is 0 Å². The Morgan fingerprint density at radius 3 is 2.47 bits per heavy atom. The number of aryl methyl sites for hydroxylation is 1. The lowest BCUT2D eigenvalue weighted by Gasteiger charge is -2.21. The van der Waals surface area contributed by atoms with Crippen LogP contribution in [0.4, 0.5) is 5.69 Å². The van der Waals surface area contributed by atoms with Crippen LogP contribution in [0.1, 0.15) is 23.1 Å². The highest BCUT2D eigenvalue weighted by Crippen LogP contribution is 2.31. The van der Waals surface area contributed by atoms with Gasteiger partial charge < -0.3 is 10.8 Å². The summed E-state index contributed by atoms with van der Waals surface area (Å²) in [6.07, 6.45) is -0.0870. The molecule has 106 valence electrons. The molecule has 0 unspecified atom stereocenters. The van der Waals surface area contributed by atoms with Crippen LogP contribution in [0.5, 0.6) is 0 Å². The van der Waals surface area contributed by atoms with Crippen LogP contribution in [-0.4, -0.2) is 37.0 Å². The fourth-order valence-electron chi connectivity index (χ4n) is 2.49. The lowest BCUT2D eigenvalue weighted by molar-refractivity contribution is 0.189. The number of nitrogens with zero attached hydrogens (tertiary/aromatic N) is 1. The number of benzene rings is 1. The van der Waals surface area contributed by atoms with Gasteiger partial charge in [0.05, 0.1) is 11.0 Å². The smallest absolute Gasteiger partial charge is 0.243 e. The second kappa shape index (κ2) is 4.77. The quantitative estimate of drug-likeness (QED) is 0.792. The van der Waals surface area contributed by atoms with Gasteiger partial charge in [-0.1, -0.05) is 0 Å². The number of aliphatic hydroxyl groups is 1. The van der Waals surface area contributed by atoms with Crippen molar-refractivity contribution in [1.29, 1.82) is 0 Å². The van der Waals surface area contributed by atoms with Crippen molar-refractivity contribution in [1.82, 2.24) is 4.31 Å². The average Bonchev–Trinajstić information content (AvgIpc) is 2.74. The molecule has 1 fully saturated rings. The first-order valence-electron chi connectivity index (χ1n) is 6.29. The first-order valence-corrected chi connectivity index (χ1v) is 7.73. The third kappa shape index (κ3) is 2.35. The van der Waals surface area contributed by atoms with E-state index in [1.54, 1.807) is 19.9 Å². The Labute approximate surface area is 114 Å². The van der Waals surface area contributed by atoms with E-state index in [-0.39, 0.29) is 6.54 Å². The molecule has 0 saturated carbocycles. The summed E-state index contributed by atoms with van der Waals surface area (Å²) in [4.78, 5) is 0.291. The van der Waals surface area contributed by atoms with Gasteiger partial charge in [0.25, 0.3) is 0 Å². The van der Waals surface area contributed by atoms with E-state index in [9.17, 15) is 13.5 Å². The molecule has 2 rings (SSSR count). The van der Waals surface area contributed by atoms with Gasteiger partial charge in [0.1, 0.15) is 0 Å². The Hall–Kier alpha value is -1.11. The summed E-state index contributed by atoms with van der Waals surface area (Å²) in [6.45, 7) is 5.89. The number of nitrogen functional groups attached to an aromatic ring is 1. The number of sulfonamides is 1. The van der Waals surface area contributed by atoms with E-state index < -0.39 is 16.1 Å². The third-order valence-corrected chi connectivity index (χ3v) is 5.94. The Morgan fingerprint density at radius 2 is 1.95 bits per heavy atom. The van der Waals surface area contributed by atoms with E-state index in [0.29, 0.717) is 29.1 Å². The third-order valence-electron chi connectivity index (χ3n) is 3.80. The molecule has 1 aliphatic rings. The van der Waals surface area contributed by atoms with Crippen molar-refractivity contribution in [3.8, 4) is 0 Å². The van der Waals surface area contributed by atoms with Crippen LogP contribution in [0, 0.1) is 20.8 Å². The van der Waals surface area contributed by atoms with E-state index in [1.165, 1.54) is 4.31 Å². The molecule has 0 aromatic heterocycles. The van der Waals surface area contributed by atoms with Crippen molar-refractivity contribution in [2.24, 2.45) is 0 Å². The van der Waals surface area contributed by atoms with Gasteiger partial charge >= 0.3 is 0 Å². The largest absolute Gasteiger partial charge is 0.398 e. The maximum Gasteiger partial charge on any atom is 0.243 e. The van der Waals surface area contributed by atoms with E-state index in [0.717, 1.165) is 11.1 Å². The minimum atomic E-state index is -3.58. The van der Waals surface area contributed by atoms with Crippen molar-refractivity contribution in [3.05, 3.63) is 22.8 Å². The first-order chi connectivity index (χ1) is 8.75. The first kappa shape index (κ1) is 14.3. The molecule has 5 nitrogen and oxygen atoms in total. The molecule has 0 radical (unpaired) electrons. The fourth-order valence-corrected chi connectivity index (χ4v) is 4.51.